The van der Waals surface area contributed by atoms with Crippen LogP contribution in [-0.2, 0) is 78.0 Å². The van der Waals surface area contributed by atoms with E-state index in [-0.39, 0.29) is 133 Å². The van der Waals surface area contributed by atoms with Crippen molar-refractivity contribution in [1.29, 1.82) is 0 Å². The van der Waals surface area contributed by atoms with Crippen molar-refractivity contribution in [1.82, 2.24) is 67.0 Å². The van der Waals surface area contributed by atoms with Gasteiger partial charge in [0.05, 0.1) is 128 Å². The standard InChI is InChI=1S/C57H84N10O18S.C38H50F4N6O9S/c1-58-41-27-38(55(80)60-18-8-20-84-22-24-85-23-21-83-19-7-17-59-47(68)30-64(2)48(69)12-6-5-11-46-54-43(36-86-46)62-57(82)63-54)26-39(28-41)56(81)61-40-15-13-37(14-16-40)25-42(65(31-49(70)71)32-50(72)73)29-66(33-51(74)75)44-9-3-4-10-45(44)67(34-52(76)77)35-53(78)79;1-43-25-18-23(17-24(19-25)37(52)57-35-32(41)26(39)20-27(40)33(35)42)36(51)45-10-6-12-55-14-16-56-15-13-54-11-5-9-44-30(49)21-48(2)31(50)8-4-3-7-29-34-28(22-58-29)46-38(53)47-34/h13-16,26-28,42-46,54,58H,3-12,17-25,29-36H2,1-2H3,(H,59,68)(H,60,80)(H,61,81)(H,70,71)(H,72,73)(H,74,75)(H,76,77)(H,78,79)(H2,62,63,82);17-20,28-29,34,43H,3-16,21-22H2,1-2H3,(H,44,49)(H,45,51)(H2,46,47,53). The number of hydrogen-bond donors (Lipinski definition) is 16. The number of ether oxygens (including phenoxy) is 7. The Hall–Kier alpha value is -11.8. The van der Waals surface area contributed by atoms with Crippen molar-refractivity contribution in [3.05, 3.63) is 118 Å². The summed E-state index contributed by atoms with van der Waals surface area (Å²) in [5.74, 6) is -17.0. The second-order valence-corrected chi connectivity index (χ2v) is 37.5. The quantitative estimate of drug-likeness (QED) is 0.00707. The lowest BCUT2D eigenvalue weighted by molar-refractivity contribution is -0.146. The average Bonchev–Trinajstić information content (AvgIpc) is 1.55. The highest BCUT2D eigenvalue weighted by atomic mass is 32.2. The summed E-state index contributed by atoms with van der Waals surface area (Å²) in [7, 11) is 6.38. The zero-order chi connectivity index (χ0) is 105. The van der Waals surface area contributed by atoms with Gasteiger partial charge in [0.25, 0.3) is 17.7 Å². The molecule has 49 heteroatoms. The Balaban J connectivity index is 0.000000379. The third kappa shape index (κ3) is 41.4. The zero-order valence-electron chi connectivity index (χ0n) is 81.2. The van der Waals surface area contributed by atoms with Crippen LogP contribution in [0.3, 0.4) is 0 Å². The summed E-state index contributed by atoms with van der Waals surface area (Å²) in [5.41, 5.74) is 1.79. The molecule has 9 unspecified atom stereocenters. The van der Waals surface area contributed by atoms with Gasteiger partial charge in [0, 0.05) is 180 Å². The van der Waals surface area contributed by atoms with E-state index < -0.39 is 133 Å². The molecule has 9 atom stereocenters. The maximum Gasteiger partial charge on any atom is 0.343 e. The molecule has 5 fully saturated rings. The number of likely N-dealkylation sites (N-methyl/N-ethyl adjacent to an activating group) is 2. The van der Waals surface area contributed by atoms with Crippen LogP contribution in [0, 0.1) is 23.3 Å². The second-order valence-electron chi connectivity index (χ2n) is 35.0. The Morgan fingerprint density at radius 3 is 1.22 bits per heavy atom. The minimum Gasteiger partial charge on any atom is -0.480 e. The first-order chi connectivity index (χ1) is 69.1. The predicted octanol–water partition coefficient (Wildman–Crippen LogP) is 4.76. The molecule has 0 bridgehead atoms. The first-order valence-corrected chi connectivity index (χ1v) is 50.0. The van der Waals surface area contributed by atoms with Crippen LogP contribution in [-0.4, -0.2) is 390 Å². The van der Waals surface area contributed by atoms with Crippen LogP contribution in [0.1, 0.15) is 150 Å². The highest BCUT2D eigenvalue weighted by Gasteiger charge is 2.45. The molecule has 0 radical (unpaired) electrons. The van der Waals surface area contributed by atoms with E-state index in [9.17, 15) is 115 Å². The van der Waals surface area contributed by atoms with Gasteiger partial charge in [-0.25, -0.2) is 23.2 Å². The summed E-state index contributed by atoms with van der Waals surface area (Å²) in [6, 6.07) is 13.0. The largest absolute Gasteiger partial charge is 0.480 e. The molecule has 4 aromatic carbocycles. The molecule has 4 saturated heterocycles. The average molecular weight is 2070 g/mol. The second kappa shape index (κ2) is 62.8. The van der Waals surface area contributed by atoms with Gasteiger partial charge in [-0.15, -0.1) is 0 Å². The van der Waals surface area contributed by atoms with E-state index in [0.29, 0.717) is 184 Å². The number of halogens is 4. The number of benzene rings is 4. The van der Waals surface area contributed by atoms with Gasteiger partial charge in [-0.2, -0.15) is 32.3 Å². The van der Waals surface area contributed by atoms with E-state index >= 15 is 0 Å². The fraction of sp³-hybridized carbons (Fsp3) is 0.589. The fourth-order valence-electron chi connectivity index (χ4n) is 16.8. The number of aliphatic carboxylic acids is 5. The molecule has 5 aliphatic rings. The third-order valence-corrected chi connectivity index (χ3v) is 27.0. The molecule has 0 spiro atoms. The van der Waals surface area contributed by atoms with Crippen molar-refractivity contribution in [2.45, 2.75) is 162 Å². The normalized spacial score (nSPS) is 17.8. The number of carbonyl (C=O) groups excluding carboxylic acids is 10. The molecular weight excluding hydrogens is 1940 g/mol. The van der Waals surface area contributed by atoms with E-state index in [0.717, 1.165) is 56.1 Å². The van der Waals surface area contributed by atoms with Crippen LogP contribution in [0.5, 0.6) is 5.75 Å². The number of hydrogen-bond acceptors (Lipinski definition) is 29. The minimum atomic E-state index is -1.88. The van der Waals surface area contributed by atoms with Crippen molar-refractivity contribution in [3.63, 3.8) is 0 Å². The predicted molar refractivity (Wildman–Crippen MR) is 521 cm³/mol. The van der Waals surface area contributed by atoms with Gasteiger partial charge in [-0.05, 0) is 125 Å². The smallest absolute Gasteiger partial charge is 0.343 e. The molecule has 0 aromatic heterocycles. The van der Waals surface area contributed by atoms with Gasteiger partial charge < -0.3 is 127 Å². The molecule has 11 amide bonds. The van der Waals surface area contributed by atoms with Crippen LogP contribution in [0.4, 0.5) is 44.2 Å². The topological polar surface area (TPSA) is 570 Å². The first kappa shape index (κ1) is 117. The van der Waals surface area contributed by atoms with Crippen molar-refractivity contribution < 1.29 is 148 Å². The molecule has 4 heterocycles. The van der Waals surface area contributed by atoms with Gasteiger partial charge in [-0.3, -0.25) is 72.2 Å². The Kier molecular flexibility index (Phi) is 51.2. The number of fused-ring (bicyclic) bond motifs is 2. The number of esters is 1. The number of unbranched alkanes of at least 4 members (excludes halogenated alkanes) is 2. The summed E-state index contributed by atoms with van der Waals surface area (Å²) in [6.07, 6.45) is 9.91. The number of anilines is 3. The Morgan fingerprint density at radius 2 is 0.806 bits per heavy atom. The van der Waals surface area contributed by atoms with Crippen molar-refractivity contribution in [2.75, 3.05) is 213 Å². The molecule has 9 rings (SSSR count). The maximum atomic E-state index is 14.0. The number of nitrogens with zero attached hydrogens (tertiary/aromatic N) is 5. The van der Waals surface area contributed by atoms with Gasteiger partial charge in [0.2, 0.25) is 41.0 Å². The number of urea groups is 2. The van der Waals surface area contributed by atoms with Gasteiger partial charge in [0.1, 0.15) is 0 Å². The van der Waals surface area contributed by atoms with Crippen LogP contribution in [0.15, 0.2) is 66.7 Å². The Bertz CT molecular complexity index is 4880. The van der Waals surface area contributed by atoms with Crippen LogP contribution in [0.25, 0.3) is 0 Å². The van der Waals surface area contributed by atoms with Crippen LogP contribution >= 0.6 is 23.5 Å². The van der Waals surface area contributed by atoms with Gasteiger partial charge in [0.15, 0.2) is 11.6 Å². The number of rotatable bonds is 67. The van der Waals surface area contributed by atoms with Crippen molar-refractivity contribution >= 4 is 130 Å². The van der Waals surface area contributed by atoms with E-state index in [2.05, 4.69) is 63.2 Å². The number of carbonyl (C=O) groups is 15. The number of carboxylic acids is 5. The van der Waals surface area contributed by atoms with Crippen molar-refractivity contribution in [2.24, 2.45) is 0 Å². The van der Waals surface area contributed by atoms with E-state index in [1.807, 2.05) is 23.5 Å². The van der Waals surface area contributed by atoms with E-state index in [1.54, 1.807) is 57.5 Å². The van der Waals surface area contributed by atoms with Crippen LogP contribution < -0.4 is 63.2 Å². The number of carboxylic acid groups (broad SMARTS) is 5. The maximum absolute atomic E-state index is 14.0. The van der Waals surface area contributed by atoms with Gasteiger partial charge in [-0.1, -0.05) is 37.8 Å². The molecule has 796 valence electrons. The molecule has 16 N–H and O–H groups in total. The van der Waals surface area contributed by atoms with Crippen LogP contribution in [0.2, 0.25) is 0 Å². The molecule has 144 heavy (non-hydrogen) atoms. The SMILES string of the molecule is CNc1cc(C(=O)NCCCOCCOCCOCCCNC(=O)CN(C)C(=O)CCCCC2SCC3NC(=O)NC32)cc(C(=O)Nc2ccc(CC(CN(CC(=O)O)C3CCCCC3N(CC(=O)O)CC(=O)O)N(CC(=O)O)CC(=O)O)cc2)c1.CNc1cc(C(=O)NCCCOCCOCCOCCCNC(=O)CN(C)C(=O)CCCCC2SCC3NC(=O)NC32)cc(C(=O)Oc2c(F)c(F)cc(F)c2F)c1. The first-order valence-electron chi connectivity index (χ1n) is 47.9. The van der Waals surface area contributed by atoms with E-state index in [1.165, 1.54) is 49.7 Å². The lowest BCUT2D eigenvalue weighted by Gasteiger charge is -2.45. The van der Waals surface area contributed by atoms with Crippen molar-refractivity contribution in [3.8, 4) is 5.75 Å². The number of amides is 11. The minimum absolute atomic E-state index is 0.0128. The fourth-order valence-corrected chi connectivity index (χ4v) is 19.9. The van der Waals surface area contributed by atoms with E-state index in [4.69, 9.17) is 28.4 Å². The summed E-state index contributed by atoms with van der Waals surface area (Å²) < 4.78 is 92.9. The summed E-state index contributed by atoms with van der Waals surface area (Å²) >= 11 is 3.70. The Labute approximate surface area is 839 Å². The highest BCUT2D eigenvalue weighted by molar-refractivity contribution is 8.00. The zero-order valence-corrected chi connectivity index (χ0v) is 82.9. The summed E-state index contributed by atoms with van der Waals surface area (Å²) in [6.45, 7) is 2.04. The third-order valence-electron chi connectivity index (χ3n) is 24.0. The van der Waals surface area contributed by atoms with Gasteiger partial charge >= 0.3 is 47.9 Å². The molecular formula is C95H134F4N16O27S2. The molecule has 4 aliphatic heterocycles. The highest BCUT2D eigenvalue weighted by Crippen LogP contribution is 2.36. The number of thioether (sulfide) groups is 2. The monoisotopic (exact) mass is 2070 g/mol. The molecule has 43 nitrogen and oxygen atoms in total. The summed E-state index contributed by atoms with van der Waals surface area (Å²) in [5, 5.41) is 81.1. The summed E-state index contributed by atoms with van der Waals surface area (Å²) in [4.78, 5) is 192. The lowest BCUT2D eigenvalue weighted by Crippen LogP contribution is -2.59. The molecule has 1 aliphatic carbocycles. The Morgan fingerprint density at radius 1 is 0.431 bits per heavy atom. The number of nitrogens with one attached hydrogen (secondary N) is 11. The lowest BCUT2D eigenvalue weighted by atomic mass is 9.87. The molecule has 4 aromatic rings. The molecule has 1 saturated carbocycles.